The van der Waals surface area contributed by atoms with Gasteiger partial charge in [0.15, 0.2) is 0 Å². The molecule has 1 amide bonds. The average Bonchev–Trinajstić information content (AvgIpc) is 2.72. The Hall–Kier alpha value is -2.86. The number of aromatic nitrogens is 2. The van der Waals surface area contributed by atoms with Gasteiger partial charge in [-0.2, -0.15) is 0 Å². The van der Waals surface area contributed by atoms with Crippen molar-refractivity contribution in [1.82, 2.24) is 9.97 Å². The van der Waals surface area contributed by atoms with Gasteiger partial charge in [0.05, 0.1) is 5.52 Å². The number of hydrogen-bond donors (Lipinski definition) is 2. The van der Waals surface area contributed by atoms with Gasteiger partial charge >= 0.3 is 0 Å². The Morgan fingerprint density at radius 3 is 2.79 bits per heavy atom. The Morgan fingerprint density at radius 2 is 2.00 bits per heavy atom. The number of piperidine rings is 1. The van der Waals surface area contributed by atoms with Crippen LogP contribution in [0.5, 0.6) is 0 Å². The number of carbonyl (C=O) groups is 1. The number of nitrogens with zero attached hydrogens (tertiary/aromatic N) is 3. The third-order valence-electron chi connectivity index (χ3n) is 5.24. The van der Waals surface area contributed by atoms with Crippen molar-refractivity contribution in [2.24, 2.45) is 11.7 Å². The van der Waals surface area contributed by atoms with Crippen LogP contribution in [0.15, 0.2) is 48.8 Å². The van der Waals surface area contributed by atoms with Crippen molar-refractivity contribution in [2.75, 3.05) is 23.3 Å². The quantitative estimate of drug-likeness (QED) is 0.689. The number of anilines is 2. The SMILES string of the molecule is NC(=O)C1CCN(c2ncccc2CNc2ccnc3cc(Cl)ccc23)CC1. The molecular weight excluding hydrogens is 374 g/mol. The van der Waals surface area contributed by atoms with E-state index < -0.39 is 0 Å². The number of nitrogens with two attached hydrogens (primary N) is 1. The van der Waals surface area contributed by atoms with Crippen LogP contribution in [0.1, 0.15) is 18.4 Å². The average molecular weight is 396 g/mol. The minimum Gasteiger partial charge on any atom is -0.380 e. The zero-order valence-electron chi connectivity index (χ0n) is 15.4. The summed E-state index contributed by atoms with van der Waals surface area (Å²) in [5, 5.41) is 5.21. The van der Waals surface area contributed by atoms with E-state index in [9.17, 15) is 4.79 Å². The predicted octanol–water partition coefficient (Wildman–Crippen LogP) is 3.60. The molecule has 0 atom stereocenters. The third-order valence-corrected chi connectivity index (χ3v) is 5.47. The van der Waals surface area contributed by atoms with Crippen LogP contribution in [0.25, 0.3) is 10.9 Å². The Morgan fingerprint density at radius 1 is 1.18 bits per heavy atom. The molecule has 3 heterocycles. The molecule has 1 aliphatic heterocycles. The van der Waals surface area contributed by atoms with Crippen molar-refractivity contribution in [3.8, 4) is 0 Å². The van der Waals surface area contributed by atoms with Gasteiger partial charge in [-0.25, -0.2) is 4.98 Å². The van der Waals surface area contributed by atoms with E-state index in [4.69, 9.17) is 17.3 Å². The fraction of sp³-hybridized carbons (Fsp3) is 0.286. The van der Waals surface area contributed by atoms with Crippen LogP contribution in [0.2, 0.25) is 5.02 Å². The number of rotatable bonds is 5. The zero-order valence-corrected chi connectivity index (χ0v) is 16.2. The van der Waals surface area contributed by atoms with Crippen LogP contribution >= 0.6 is 11.6 Å². The summed E-state index contributed by atoms with van der Waals surface area (Å²) in [6, 6.07) is 11.7. The summed E-state index contributed by atoms with van der Waals surface area (Å²) in [5.41, 5.74) is 8.42. The number of fused-ring (bicyclic) bond motifs is 1. The van der Waals surface area contributed by atoms with Gasteiger partial charge in [-0.05, 0) is 43.2 Å². The van der Waals surface area contributed by atoms with Gasteiger partial charge in [0.25, 0.3) is 0 Å². The lowest BCUT2D eigenvalue weighted by Gasteiger charge is -2.32. The largest absolute Gasteiger partial charge is 0.380 e. The Kier molecular flexibility index (Phi) is 5.30. The number of amides is 1. The molecule has 0 aliphatic carbocycles. The molecular formula is C21H22ClN5O. The minimum absolute atomic E-state index is 0.0310. The van der Waals surface area contributed by atoms with Gasteiger partial charge in [0, 0.05) is 59.6 Å². The molecule has 0 radical (unpaired) electrons. The second-order valence-corrected chi connectivity index (χ2v) is 7.46. The molecule has 0 unspecified atom stereocenters. The van der Waals surface area contributed by atoms with Gasteiger partial charge in [0.2, 0.25) is 5.91 Å². The van der Waals surface area contributed by atoms with Crippen molar-refractivity contribution in [3.63, 3.8) is 0 Å². The molecule has 1 aliphatic rings. The van der Waals surface area contributed by atoms with E-state index in [1.807, 2.05) is 36.5 Å². The van der Waals surface area contributed by atoms with Crippen LogP contribution in [-0.4, -0.2) is 29.0 Å². The van der Waals surface area contributed by atoms with Gasteiger partial charge in [0.1, 0.15) is 5.82 Å². The Labute approximate surface area is 168 Å². The molecule has 0 spiro atoms. The number of carbonyl (C=O) groups excluding carboxylic acids is 1. The summed E-state index contributed by atoms with van der Waals surface area (Å²) in [7, 11) is 0. The van der Waals surface area contributed by atoms with Crippen molar-refractivity contribution in [3.05, 3.63) is 59.4 Å². The number of nitrogens with one attached hydrogen (secondary N) is 1. The molecule has 144 valence electrons. The Balaban J connectivity index is 1.52. The highest BCUT2D eigenvalue weighted by Gasteiger charge is 2.24. The first-order valence-corrected chi connectivity index (χ1v) is 9.76. The topological polar surface area (TPSA) is 84.1 Å². The smallest absolute Gasteiger partial charge is 0.220 e. The van der Waals surface area contributed by atoms with Crippen LogP contribution < -0.4 is 16.0 Å². The molecule has 2 aromatic heterocycles. The highest BCUT2D eigenvalue weighted by atomic mass is 35.5. The molecule has 28 heavy (non-hydrogen) atoms. The van der Waals surface area contributed by atoms with Crippen molar-refractivity contribution < 1.29 is 4.79 Å². The summed E-state index contributed by atoms with van der Waals surface area (Å²) in [6.45, 7) is 2.21. The monoisotopic (exact) mass is 395 g/mol. The maximum absolute atomic E-state index is 11.4. The van der Waals surface area contributed by atoms with Gasteiger partial charge in [-0.15, -0.1) is 0 Å². The number of pyridine rings is 2. The van der Waals surface area contributed by atoms with Crippen LogP contribution in [0, 0.1) is 5.92 Å². The lowest BCUT2D eigenvalue weighted by atomic mass is 9.96. The lowest BCUT2D eigenvalue weighted by molar-refractivity contribution is -0.122. The van der Waals surface area contributed by atoms with Crippen LogP contribution in [0.4, 0.5) is 11.5 Å². The van der Waals surface area contributed by atoms with E-state index in [-0.39, 0.29) is 11.8 Å². The summed E-state index contributed by atoms with van der Waals surface area (Å²) >= 11 is 6.08. The molecule has 6 nitrogen and oxygen atoms in total. The number of hydrogen-bond acceptors (Lipinski definition) is 5. The standard InChI is InChI=1S/C21H22ClN5O/c22-16-3-4-17-18(5-9-24-19(17)12-16)26-13-15-2-1-8-25-21(15)27-10-6-14(7-11-27)20(23)28/h1-5,8-9,12,14H,6-7,10-11,13H2,(H2,23,28)(H,24,26). The van der Waals surface area contributed by atoms with Gasteiger partial charge in [-0.3, -0.25) is 9.78 Å². The van der Waals surface area contributed by atoms with Crippen molar-refractivity contribution >= 4 is 39.9 Å². The fourth-order valence-corrected chi connectivity index (χ4v) is 3.86. The fourth-order valence-electron chi connectivity index (χ4n) is 3.69. The van der Waals surface area contributed by atoms with E-state index >= 15 is 0 Å². The summed E-state index contributed by atoms with van der Waals surface area (Å²) in [5.74, 6) is 0.725. The number of primary amides is 1. The molecule has 3 N–H and O–H groups in total. The molecule has 0 saturated carbocycles. The van der Waals surface area contributed by atoms with E-state index in [0.717, 1.165) is 53.9 Å². The molecule has 4 rings (SSSR count). The van der Waals surface area contributed by atoms with E-state index in [1.54, 1.807) is 6.20 Å². The predicted molar refractivity (Wildman–Crippen MR) is 112 cm³/mol. The molecule has 3 aromatic rings. The molecule has 0 bridgehead atoms. The number of benzene rings is 1. The highest BCUT2D eigenvalue weighted by Crippen LogP contribution is 2.27. The second kappa shape index (κ2) is 8.02. The van der Waals surface area contributed by atoms with Crippen molar-refractivity contribution in [2.45, 2.75) is 19.4 Å². The molecule has 7 heteroatoms. The second-order valence-electron chi connectivity index (χ2n) is 7.02. The highest BCUT2D eigenvalue weighted by molar-refractivity contribution is 6.31. The summed E-state index contributed by atoms with van der Waals surface area (Å²) < 4.78 is 0. The van der Waals surface area contributed by atoms with Gasteiger partial charge in [-0.1, -0.05) is 17.7 Å². The normalized spacial score (nSPS) is 15.0. The third kappa shape index (κ3) is 3.87. The molecule has 1 aromatic carbocycles. The van der Waals surface area contributed by atoms with E-state index in [2.05, 4.69) is 26.3 Å². The summed E-state index contributed by atoms with van der Waals surface area (Å²) in [6.07, 6.45) is 5.13. The first-order chi connectivity index (χ1) is 13.6. The first-order valence-electron chi connectivity index (χ1n) is 9.38. The maximum Gasteiger partial charge on any atom is 0.220 e. The molecule has 1 fully saturated rings. The van der Waals surface area contributed by atoms with Crippen LogP contribution in [0.3, 0.4) is 0 Å². The zero-order chi connectivity index (χ0) is 19.5. The first kappa shape index (κ1) is 18.5. The van der Waals surface area contributed by atoms with Gasteiger partial charge < -0.3 is 16.0 Å². The lowest BCUT2D eigenvalue weighted by Crippen LogP contribution is -2.39. The van der Waals surface area contributed by atoms with Crippen molar-refractivity contribution in [1.29, 1.82) is 0 Å². The van der Waals surface area contributed by atoms with Crippen LogP contribution in [-0.2, 0) is 11.3 Å². The molecule has 1 saturated heterocycles. The van der Waals surface area contributed by atoms with E-state index in [0.29, 0.717) is 11.6 Å². The number of halogens is 1. The Bertz CT molecular complexity index is 1000. The van der Waals surface area contributed by atoms with E-state index in [1.165, 1.54) is 0 Å². The minimum atomic E-state index is -0.202. The summed E-state index contributed by atoms with van der Waals surface area (Å²) in [4.78, 5) is 22.6. The maximum atomic E-state index is 11.4.